The number of aromatic nitrogens is 1. The summed E-state index contributed by atoms with van der Waals surface area (Å²) in [6, 6.07) is 8.99. The summed E-state index contributed by atoms with van der Waals surface area (Å²) in [5.41, 5.74) is 1.13. The first-order valence-corrected chi connectivity index (χ1v) is 6.84. The molecule has 5 nitrogen and oxygen atoms in total. The molecule has 20 heavy (non-hydrogen) atoms. The van der Waals surface area contributed by atoms with Crippen LogP contribution in [0.2, 0.25) is 5.02 Å². The van der Waals surface area contributed by atoms with E-state index in [0.29, 0.717) is 16.5 Å². The molecule has 2 heterocycles. The van der Waals surface area contributed by atoms with E-state index in [4.69, 9.17) is 16.1 Å². The molecule has 1 aromatic heterocycles. The lowest BCUT2D eigenvalue weighted by Crippen LogP contribution is -2.36. The Labute approximate surface area is 121 Å². The van der Waals surface area contributed by atoms with E-state index in [1.54, 1.807) is 18.2 Å². The van der Waals surface area contributed by atoms with Crippen LogP contribution in [0.5, 0.6) is 0 Å². The molecule has 0 radical (unpaired) electrons. The van der Waals surface area contributed by atoms with Gasteiger partial charge in [0.05, 0.1) is 0 Å². The number of carbonyl (C=O) groups is 1. The Bertz CT molecular complexity index is 603. The predicted octanol–water partition coefficient (Wildman–Crippen LogP) is 2.09. The van der Waals surface area contributed by atoms with Crippen molar-refractivity contribution in [1.82, 2.24) is 15.8 Å². The van der Waals surface area contributed by atoms with Crippen molar-refractivity contribution in [3.63, 3.8) is 0 Å². The SMILES string of the molecule is O=C(NC1CCNC1)c1cc(-c2ccc(Cl)cc2)on1. The minimum Gasteiger partial charge on any atom is -0.355 e. The predicted molar refractivity (Wildman–Crippen MR) is 75.7 cm³/mol. The summed E-state index contributed by atoms with van der Waals surface area (Å²) in [4.78, 5) is 12.0. The molecule has 1 aromatic carbocycles. The van der Waals surface area contributed by atoms with E-state index in [0.717, 1.165) is 25.1 Å². The molecule has 1 unspecified atom stereocenters. The molecule has 0 spiro atoms. The van der Waals surface area contributed by atoms with E-state index < -0.39 is 0 Å². The van der Waals surface area contributed by atoms with Crippen LogP contribution in [0.4, 0.5) is 0 Å². The molecule has 0 saturated carbocycles. The zero-order valence-corrected chi connectivity index (χ0v) is 11.5. The Balaban J connectivity index is 1.72. The van der Waals surface area contributed by atoms with Gasteiger partial charge >= 0.3 is 0 Å². The van der Waals surface area contributed by atoms with Gasteiger partial charge in [-0.05, 0) is 37.2 Å². The van der Waals surface area contributed by atoms with E-state index in [1.165, 1.54) is 0 Å². The summed E-state index contributed by atoms with van der Waals surface area (Å²) in [6.45, 7) is 1.73. The molecule has 0 bridgehead atoms. The van der Waals surface area contributed by atoms with Crippen molar-refractivity contribution in [2.75, 3.05) is 13.1 Å². The van der Waals surface area contributed by atoms with Gasteiger partial charge < -0.3 is 15.2 Å². The van der Waals surface area contributed by atoms with Crippen LogP contribution >= 0.6 is 11.6 Å². The first kappa shape index (κ1) is 13.1. The summed E-state index contributed by atoms with van der Waals surface area (Å²) in [7, 11) is 0. The van der Waals surface area contributed by atoms with E-state index in [-0.39, 0.29) is 11.9 Å². The number of amides is 1. The molecule has 0 aliphatic carbocycles. The van der Waals surface area contributed by atoms with Gasteiger partial charge in [-0.3, -0.25) is 4.79 Å². The van der Waals surface area contributed by atoms with E-state index in [2.05, 4.69) is 15.8 Å². The summed E-state index contributed by atoms with van der Waals surface area (Å²) in [6.07, 6.45) is 0.938. The van der Waals surface area contributed by atoms with Crippen molar-refractivity contribution in [1.29, 1.82) is 0 Å². The normalized spacial score (nSPS) is 18.1. The van der Waals surface area contributed by atoms with Gasteiger partial charge in [-0.1, -0.05) is 16.8 Å². The summed E-state index contributed by atoms with van der Waals surface area (Å²) in [5.74, 6) is 0.346. The number of hydrogen-bond acceptors (Lipinski definition) is 4. The van der Waals surface area contributed by atoms with E-state index in [1.807, 2.05) is 12.1 Å². The number of benzene rings is 1. The first-order chi connectivity index (χ1) is 9.72. The van der Waals surface area contributed by atoms with Gasteiger partial charge in [-0.15, -0.1) is 0 Å². The number of carbonyl (C=O) groups excluding carboxylic acids is 1. The summed E-state index contributed by atoms with van der Waals surface area (Å²) >= 11 is 5.83. The first-order valence-electron chi connectivity index (χ1n) is 6.46. The zero-order valence-electron chi connectivity index (χ0n) is 10.7. The Morgan fingerprint density at radius 2 is 2.20 bits per heavy atom. The maximum Gasteiger partial charge on any atom is 0.273 e. The molecule has 1 amide bonds. The maximum atomic E-state index is 12.0. The molecule has 104 valence electrons. The fraction of sp³-hybridized carbons (Fsp3) is 0.286. The van der Waals surface area contributed by atoms with Gasteiger partial charge in [0.15, 0.2) is 11.5 Å². The van der Waals surface area contributed by atoms with Crippen LogP contribution in [0.1, 0.15) is 16.9 Å². The van der Waals surface area contributed by atoms with Crippen LogP contribution in [0, 0.1) is 0 Å². The van der Waals surface area contributed by atoms with Crippen molar-refractivity contribution in [2.45, 2.75) is 12.5 Å². The monoisotopic (exact) mass is 291 g/mol. The molecule has 1 atom stereocenters. The van der Waals surface area contributed by atoms with Crippen molar-refractivity contribution in [3.8, 4) is 11.3 Å². The Hall–Kier alpha value is -1.85. The minimum absolute atomic E-state index is 0.165. The molecule has 3 rings (SSSR count). The fourth-order valence-corrected chi connectivity index (χ4v) is 2.30. The van der Waals surface area contributed by atoms with Crippen LogP contribution in [-0.4, -0.2) is 30.2 Å². The van der Waals surface area contributed by atoms with Crippen LogP contribution in [0.15, 0.2) is 34.9 Å². The highest BCUT2D eigenvalue weighted by Gasteiger charge is 2.20. The second-order valence-electron chi connectivity index (χ2n) is 4.75. The molecular weight excluding hydrogens is 278 g/mol. The molecular formula is C14H14ClN3O2. The number of rotatable bonds is 3. The lowest BCUT2D eigenvalue weighted by molar-refractivity contribution is 0.0931. The maximum absolute atomic E-state index is 12.0. The fourth-order valence-electron chi connectivity index (χ4n) is 2.17. The van der Waals surface area contributed by atoms with Crippen molar-refractivity contribution in [3.05, 3.63) is 41.0 Å². The van der Waals surface area contributed by atoms with Crippen LogP contribution in [0.3, 0.4) is 0 Å². The lowest BCUT2D eigenvalue weighted by atomic mass is 10.1. The van der Waals surface area contributed by atoms with Crippen LogP contribution in [-0.2, 0) is 0 Å². The average molecular weight is 292 g/mol. The molecule has 2 aromatic rings. The molecule has 2 N–H and O–H groups in total. The third-order valence-electron chi connectivity index (χ3n) is 3.27. The van der Waals surface area contributed by atoms with E-state index in [9.17, 15) is 4.79 Å². The molecule has 1 aliphatic heterocycles. The highest BCUT2D eigenvalue weighted by Crippen LogP contribution is 2.22. The van der Waals surface area contributed by atoms with Crippen LogP contribution < -0.4 is 10.6 Å². The second-order valence-corrected chi connectivity index (χ2v) is 5.18. The van der Waals surface area contributed by atoms with Gasteiger partial charge in [0.2, 0.25) is 0 Å². The Morgan fingerprint density at radius 3 is 2.90 bits per heavy atom. The minimum atomic E-state index is -0.206. The topological polar surface area (TPSA) is 67.2 Å². The smallest absolute Gasteiger partial charge is 0.273 e. The largest absolute Gasteiger partial charge is 0.355 e. The van der Waals surface area contributed by atoms with Crippen molar-refractivity contribution in [2.24, 2.45) is 0 Å². The van der Waals surface area contributed by atoms with Gasteiger partial charge in [-0.2, -0.15) is 0 Å². The highest BCUT2D eigenvalue weighted by atomic mass is 35.5. The van der Waals surface area contributed by atoms with E-state index >= 15 is 0 Å². The Kier molecular flexibility index (Phi) is 3.71. The number of nitrogens with zero attached hydrogens (tertiary/aromatic N) is 1. The standard InChI is InChI=1S/C14H14ClN3O2/c15-10-3-1-9(2-4-10)13-7-12(18-20-13)14(19)17-11-5-6-16-8-11/h1-4,7,11,16H,5-6,8H2,(H,17,19). The summed E-state index contributed by atoms with van der Waals surface area (Å²) in [5, 5.41) is 10.6. The summed E-state index contributed by atoms with van der Waals surface area (Å²) < 4.78 is 5.21. The Morgan fingerprint density at radius 1 is 1.40 bits per heavy atom. The second kappa shape index (κ2) is 5.64. The van der Waals surface area contributed by atoms with Gasteiger partial charge in [0, 0.05) is 29.2 Å². The van der Waals surface area contributed by atoms with Gasteiger partial charge in [0.25, 0.3) is 5.91 Å². The van der Waals surface area contributed by atoms with Crippen molar-refractivity contribution < 1.29 is 9.32 Å². The third-order valence-corrected chi connectivity index (χ3v) is 3.52. The molecule has 6 heteroatoms. The highest BCUT2D eigenvalue weighted by molar-refractivity contribution is 6.30. The van der Waals surface area contributed by atoms with Gasteiger partial charge in [0.1, 0.15) is 0 Å². The number of halogens is 1. The number of nitrogens with one attached hydrogen (secondary N) is 2. The van der Waals surface area contributed by atoms with Crippen LogP contribution in [0.25, 0.3) is 11.3 Å². The zero-order chi connectivity index (χ0) is 13.9. The van der Waals surface area contributed by atoms with Gasteiger partial charge in [-0.25, -0.2) is 0 Å². The molecule has 1 fully saturated rings. The lowest BCUT2D eigenvalue weighted by Gasteiger charge is -2.08. The number of hydrogen-bond donors (Lipinski definition) is 2. The third kappa shape index (κ3) is 2.84. The average Bonchev–Trinajstić information content (AvgIpc) is 3.10. The molecule has 1 saturated heterocycles. The van der Waals surface area contributed by atoms with Crippen molar-refractivity contribution >= 4 is 17.5 Å². The quantitative estimate of drug-likeness (QED) is 0.909. The molecule has 1 aliphatic rings.